The maximum absolute atomic E-state index is 8.91. The van der Waals surface area contributed by atoms with Crippen LogP contribution in [-0.2, 0) is 0 Å². The third kappa shape index (κ3) is 2.85. The van der Waals surface area contributed by atoms with Gasteiger partial charge in [0.1, 0.15) is 11.9 Å². The minimum Gasteiger partial charge on any atom is -0.396 e. The van der Waals surface area contributed by atoms with Gasteiger partial charge in [0, 0.05) is 10.2 Å². The highest BCUT2D eigenvalue weighted by atomic mass is 79.9. The fourth-order valence-corrected chi connectivity index (χ4v) is 2.02. The minimum absolute atomic E-state index is 0.232. The SMILES string of the molecule is Cc1cc(Nc2ccc(N)c(C#N)n2)cc(C)c1Br. The first-order valence-electron chi connectivity index (χ1n) is 5.71. The van der Waals surface area contributed by atoms with Crippen molar-refractivity contribution in [3.63, 3.8) is 0 Å². The van der Waals surface area contributed by atoms with Crippen molar-refractivity contribution in [2.24, 2.45) is 0 Å². The van der Waals surface area contributed by atoms with Crippen molar-refractivity contribution in [1.29, 1.82) is 5.26 Å². The number of nitrogens with two attached hydrogens (primary N) is 1. The van der Waals surface area contributed by atoms with Gasteiger partial charge < -0.3 is 11.1 Å². The smallest absolute Gasteiger partial charge is 0.165 e. The van der Waals surface area contributed by atoms with Crippen molar-refractivity contribution in [3.05, 3.63) is 45.6 Å². The van der Waals surface area contributed by atoms with Crippen LogP contribution >= 0.6 is 15.9 Å². The maximum atomic E-state index is 8.91. The fourth-order valence-electron chi connectivity index (χ4n) is 1.80. The Bertz CT molecular complexity index is 651. The standard InChI is InChI=1S/C14H13BrN4/c1-8-5-10(6-9(2)14(8)15)18-13-4-3-11(17)12(7-16)19-13/h3-6H,17H2,1-2H3,(H,18,19). The molecule has 0 bridgehead atoms. The maximum Gasteiger partial charge on any atom is 0.165 e. The highest BCUT2D eigenvalue weighted by Crippen LogP contribution is 2.26. The molecule has 0 saturated heterocycles. The second kappa shape index (κ2) is 5.29. The minimum atomic E-state index is 0.232. The molecule has 3 N–H and O–H groups in total. The summed E-state index contributed by atoms with van der Waals surface area (Å²) in [5, 5.41) is 12.1. The molecule has 0 aliphatic heterocycles. The Balaban J connectivity index is 2.34. The van der Waals surface area contributed by atoms with Gasteiger partial charge in [0.25, 0.3) is 0 Å². The Kier molecular flexibility index (Phi) is 3.72. The molecular weight excluding hydrogens is 304 g/mol. The van der Waals surface area contributed by atoms with Gasteiger partial charge in [-0.05, 0) is 49.2 Å². The Labute approximate surface area is 120 Å². The summed E-state index contributed by atoms with van der Waals surface area (Å²) in [6.45, 7) is 4.05. The first-order chi connectivity index (χ1) is 9.01. The highest BCUT2D eigenvalue weighted by Gasteiger charge is 2.05. The number of nitriles is 1. The second-order valence-electron chi connectivity index (χ2n) is 4.30. The molecule has 0 aliphatic carbocycles. The van der Waals surface area contributed by atoms with E-state index in [1.807, 2.05) is 32.0 Å². The fraction of sp³-hybridized carbons (Fsp3) is 0.143. The van der Waals surface area contributed by atoms with Gasteiger partial charge in [-0.2, -0.15) is 5.26 Å². The lowest BCUT2D eigenvalue weighted by molar-refractivity contribution is 1.25. The Hall–Kier alpha value is -2.06. The number of aromatic nitrogens is 1. The van der Waals surface area contributed by atoms with Gasteiger partial charge in [-0.15, -0.1) is 0 Å². The van der Waals surface area contributed by atoms with Crippen LogP contribution in [0, 0.1) is 25.2 Å². The normalized spacial score (nSPS) is 10.0. The van der Waals surface area contributed by atoms with E-state index in [2.05, 4.69) is 26.2 Å². The van der Waals surface area contributed by atoms with Gasteiger partial charge in [0.05, 0.1) is 5.69 Å². The predicted molar refractivity (Wildman–Crippen MR) is 80.3 cm³/mol. The highest BCUT2D eigenvalue weighted by molar-refractivity contribution is 9.10. The quantitative estimate of drug-likeness (QED) is 0.886. The number of benzene rings is 1. The van der Waals surface area contributed by atoms with Crippen LogP contribution in [-0.4, -0.2) is 4.98 Å². The van der Waals surface area contributed by atoms with E-state index in [-0.39, 0.29) is 5.69 Å². The summed E-state index contributed by atoms with van der Waals surface area (Å²) in [5.41, 5.74) is 9.46. The van der Waals surface area contributed by atoms with Crippen LogP contribution in [0.2, 0.25) is 0 Å². The van der Waals surface area contributed by atoms with Gasteiger partial charge in [0.15, 0.2) is 5.69 Å². The number of nitrogen functional groups attached to an aromatic ring is 1. The summed E-state index contributed by atoms with van der Waals surface area (Å²) in [6.07, 6.45) is 0. The molecule has 2 rings (SSSR count). The van der Waals surface area contributed by atoms with E-state index in [9.17, 15) is 0 Å². The number of nitrogens with one attached hydrogen (secondary N) is 1. The molecule has 5 heteroatoms. The zero-order chi connectivity index (χ0) is 14.0. The summed E-state index contributed by atoms with van der Waals surface area (Å²) < 4.78 is 1.10. The summed E-state index contributed by atoms with van der Waals surface area (Å²) in [7, 11) is 0. The van der Waals surface area contributed by atoms with Crippen LogP contribution in [0.1, 0.15) is 16.8 Å². The van der Waals surface area contributed by atoms with E-state index in [1.54, 1.807) is 12.1 Å². The molecule has 1 heterocycles. The average molecular weight is 317 g/mol. The second-order valence-corrected chi connectivity index (χ2v) is 5.09. The molecule has 4 nitrogen and oxygen atoms in total. The predicted octanol–water partition coefficient (Wildman–Crippen LogP) is 3.66. The molecule has 2 aromatic rings. The first-order valence-corrected chi connectivity index (χ1v) is 6.51. The lowest BCUT2D eigenvalue weighted by atomic mass is 10.1. The molecule has 0 aliphatic rings. The van der Waals surface area contributed by atoms with Crippen molar-refractivity contribution in [2.45, 2.75) is 13.8 Å². The molecule has 0 saturated carbocycles. The molecular formula is C14H13BrN4. The van der Waals surface area contributed by atoms with Crippen LogP contribution < -0.4 is 11.1 Å². The van der Waals surface area contributed by atoms with Crippen molar-refractivity contribution >= 4 is 33.1 Å². The summed E-state index contributed by atoms with van der Waals surface area (Å²) in [5.74, 6) is 0.604. The lowest BCUT2D eigenvalue weighted by Gasteiger charge is -2.10. The molecule has 0 radical (unpaired) electrons. The van der Waals surface area contributed by atoms with Gasteiger partial charge >= 0.3 is 0 Å². The summed E-state index contributed by atoms with van der Waals surface area (Å²) in [6, 6.07) is 9.43. The first kappa shape index (κ1) is 13.4. The number of aryl methyl sites for hydroxylation is 2. The van der Waals surface area contributed by atoms with Crippen LogP contribution in [0.4, 0.5) is 17.2 Å². The largest absolute Gasteiger partial charge is 0.396 e. The Morgan fingerprint density at radius 2 is 1.89 bits per heavy atom. The van der Waals surface area contributed by atoms with E-state index in [4.69, 9.17) is 11.0 Å². The number of hydrogen-bond acceptors (Lipinski definition) is 4. The number of anilines is 3. The monoisotopic (exact) mass is 316 g/mol. The van der Waals surface area contributed by atoms with Crippen LogP contribution in [0.25, 0.3) is 0 Å². The van der Waals surface area contributed by atoms with Crippen LogP contribution in [0.3, 0.4) is 0 Å². The Morgan fingerprint density at radius 1 is 1.26 bits per heavy atom. The number of rotatable bonds is 2. The molecule has 96 valence electrons. The number of pyridine rings is 1. The van der Waals surface area contributed by atoms with Gasteiger partial charge in [-0.1, -0.05) is 15.9 Å². The van der Waals surface area contributed by atoms with Gasteiger partial charge in [-0.25, -0.2) is 4.98 Å². The average Bonchev–Trinajstić information content (AvgIpc) is 2.38. The molecule has 0 amide bonds. The van der Waals surface area contributed by atoms with Crippen molar-refractivity contribution in [1.82, 2.24) is 4.98 Å². The van der Waals surface area contributed by atoms with E-state index < -0.39 is 0 Å². The molecule has 1 aromatic carbocycles. The van der Waals surface area contributed by atoms with Crippen molar-refractivity contribution < 1.29 is 0 Å². The zero-order valence-corrected chi connectivity index (χ0v) is 12.2. The lowest BCUT2D eigenvalue weighted by Crippen LogP contribution is -1.99. The number of nitrogens with zero attached hydrogens (tertiary/aromatic N) is 2. The van der Waals surface area contributed by atoms with Crippen molar-refractivity contribution in [3.8, 4) is 6.07 Å². The van der Waals surface area contributed by atoms with E-state index >= 15 is 0 Å². The molecule has 0 unspecified atom stereocenters. The molecule has 0 fully saturated rings. The van der Waals surface area contributed by atoms with E-state index in [0.717, 1.165) is 21.3 Å². The van der Waals surface area contributed by atoms with Gasteiger partial charge in [-0.3, -0.25) is 0 Å². The number of hydrogen-bond donors (Lipinski definition) is 2. The molecule has 19 heavy (non-hydrogen) atoms. The summed E-state index contributed by atoms with van der Waals surface area (Å²) in [4.78, 5) is 4.16. The zero-order valence-electron chi connectivity index (χ0n) is 10.7. The van der Waals surface area contributed by atoms with Gasteiger partial charge in [0.2, 0.25) is 0 Å². The van der Waals surface area contributed by atoms with E-state index in [1.165, 1.54) is 0 Å². The Morgan fingerprint density at radius 3 is 2.47 bits per heavy atom. The topological polar surface area (TPSA) is 74.7 Å². The van der Waals surface area contributed by atoms with Crippen LogP contribution in [0.15, 0.2) is 28.7 Å². The van der Waals surface area contributed by atoms with Crippen molar-refractivity contribution in [2.75, 3.05) is 11.1 Å². The number of halogens is 1. The molecule has 1 aromatic heterocycles. The van der Waals surface area contributed by atoms with Crippen LogP contribution in [0.5, 0.6) is 0 Å². The molecule has 0 atom stereocenters. The molecule has 0 spiro atoms. The third-order valence-corrected chi connectivity index (χ3v) is 3.99. The third-order valence-electron chi connectivity index (χ3n) is 2.74. The summed E-state index contributed by atoms with van der Waals surface area (Å²) >= 11 is 3.53. The van der Waals surface area contributed by atoms with E-state index in [0.29, 0.717) is 11.5 Å².